The van der Waals surface area contributed by atoms with Gasteiger partial charge >= 0.3 is 12.1 Å². The number of rotatable bonds is 5. The van der Waals surface area contributed by atoms with Crippen molar-refractivity contribution in [3.05, 3.63) is 11.1 Å². The Balaban J connectivity index is 2.01. The summed E-state index contributed by atoms with van der Waals surface area (Å²) in [5, 5.41) is 12.2. The zero-order valence-electron chi connectivity index (χ0n) is 15.8. The van der Waals surface area contributed by atoms with Crippen LogP contribution in [0.2, 0.25) is 0 Å². The van der Waals surface area contributed by atoms with Crippen molar-refractivity contribution in [2.24, 2.45) is 0 Å². The van der Waals surface area contributed by atoms with Crippen LogP contribution in [0.1, 0.15) is 46.2 Å². The quantitative estimate of drug-likeness (QED) is 0.582. The van der Waals surface area contributed by atoms with E-state index in [0.29, 0.717) is 19.4 Å². The first-order valence-electron chi connectivity index (χ1n) is 8.64. The van der Waals surface area contributed by atoms with Crippen molar-refractivity contribution >= 4 is 40.1 Å². The second kappa shape index (κ2) is 8.47. The Kier molecular flexibility index (Phi) is 6.53. The Morgan fingerprint density at radius 1 is 1.41 bits per heavy atom. The summed E-state index contributed by atoms with van der Waals surface area (Å²) in [5.41, 5.74) is -0.882. The van der Waals surface area contributed by atoms with Gasteiger partial charge < -0.3 is 14.8 Å². The average molecular weight is 396 g/mol. The lowest BCUT2D eigenvalue weighted by Crippen LogP contribution is -2.45. The van der Waals surface area contributed by atoms with E-state index in [2.05, 4.69) is 10.3 Å². The maximum atomic E-state index is 12.6. The summed E-state index contributed by atoms with van der Waals surface area (Å²) in [4.78, 5) is 41.9. The lowest BCUT2D eigenvalue weighted by atomic mass is 10.2. The summed E-state index contributed by atoms with van der Waals surface area (Å²) >= 11 is 1.09. The van der Waals surface area contributed by atoms with Crippen LogP contribution in [-0.4, -0.2) is 58.4 Å². The number of esters is 1. The van der Waals surface area contributed by atoms with Gasteiger partial charge in [0.25, 0.3) is 0 Å². The predicted molar refractivity (Wildman–Crippen MR) is 100 cm³/mol. The second-order valence-corrected chi connectivity index (χ2v) is 7.81. The summed E-state index contributed by atoms with van der Waals surface area (Å²) in [6.07, 6.45) is 0.708. The van der Waals surface area contributed by atoms with E-state index in [1.54, 1.807) is 27.7 Å². The predicted octanol–water partition coefficient (Wildman–Crippen LogP) is 2.41. The van der Waals surface area contributed by atoms with Crippen molar-refractivity contribution < 1.29 is 23.9 Å². The molecule has 0 bridgehead atoms. The van der Waals surface area contributed by atoms with E-state index in [-0.39, 0.29) is 29.1 Å². The molecule has 1 aromatic heterocycles. The molecule has 27 heavy (non-hydrogen) atoms. The third-order valence-corrected chi connectivity index (χ3v) is 4.41. The fourth-order valence-electron chi connectivity index (χ4n) is 2.52. The molecule has 1 saturated heterocycles. The number of amides is 2. The minimum Gasteiger partial charge on any atom is -0.461 e. The van der Waals surface area contributed by atoms with Crippen molar-refractivity contribution in [1.82, 2.24) is 9.88 Å². The molecule has 0 aliphatic carbocycles. The van der Waals surface area contributed by atoms with Gasteiger partial charge in [0.2, 0.25) is 5.91 Å². The third kappa shape index (κ3) is 5.49. The fourth-order valence-corrected chi connectivity index (χ4v) is 3.23. The van der Waals surface area contributed by atoms with Gasteiger partial charge in [0.05, 0.1) is 6.61 Å². The number of nitrogens with one attached hydrogen (secondary N) is 2. The standard InChI is InChI=1S/C17H24N4O5S/c1-5-25-14(23)12(18)10-9-27-15(19-10)20-13(22)11-7-6-8-21(11)16(24)26-17(2,3)4/h9,11,18H,5-8H2,1-4H3,(H,19,20,22)/t11-/m0/s1. The Morgan fingerprint density at radius 3 is 2.74 bits per heavy atom. The molecule has 1 fully saturated rings. The largest absolute Gasteiger partial charge is 0.461 e. The normalized spacial score (nSPS) is 16.7. The van der Waals surface area contributed by atoms with Crippen molar-refractivity contribution in [3.63, 3.8) is 0 Å². The van der Waals surface area contributed by atoms with Gasteiger partial charge in [-0.15, -0.1) is 11.3 Å². The van der Waals surface area contributed by atoms with Gasteiger partial charge in [0, 0.05) is 11.9 Å². The molecule has 1 aliphatic heterocycles. The molecule has 148 valence electrons. The lowest BCUT2D eigenvalue weighted by Gasteiger charge is -2.27. The molecule has 0 spiro atoms. The van der Waals surface area contributed by atoms with Crippen molar-refractivity contribution in [2.45, 2.75) is 52.2 Å². The van der Waals surface area contributed by atoms with Gasteiger partial charge in [-0.2, -0.15) is 0 Å². The number of likely N-dealkylation sites (tertiary alicyclic amines) is 1. The Bertz CT molecular complexity index is 740. The summed E-state index contributed by atoms with van der Waals surface area (Å²) in [7, 11) is 0. The van der Waals surface area contributed by atoms with E-state index in [1.165, 1.54) is 10.3 Å². The fraction of sp³-hybridized carbons (Fsp3) is 0.588. The molecule has 1 aliphatic rings. The van der Waals surface area contributed by atoms with Crippen molar-refractivity contribution in [3.8, 4) is 0 Å². The van der Waals surface area contributed by atoms with Gasteiger partial charge in [0.1, 0.15) is 17.3 Å². The molecule has 9 nitrogen and oxygen atoms in total. The minimum atomic E-state index is -0.771. The SMILES string of the molecule is CCOC(=O)C(=N)c1csc(NC(=O)[C@@H]2CCCN2C(=O)OC(C)(C)C)n1. The molecular formula is C17H24N4O5S. The van der Waals surface area contributed by atoms with Crippen LogP contribution >= 0.6 is 11.3 Å². The van der Waals surface area contributed by atoms with E-state index in [4.69, 9.17) is 14.9 Å². The molecule has 0 aromatic carbocycles. The van der Waals surface area contributed by atoms with E-state index < -0.39 is 23.7 Å². The summed E-state index contributed by atoms with van der Waals surface area (Å²) in [6, 6.07) is -0.642. The van der Waals surface area contributed by atoms with Gasteiger partial charge in [-0.25, -0.2) is 14.6 Å². The number of carbonyl (C=O) groups is 3. The van der Waals surface area contributed by atoms with Crippen LogP contribution in [-0.2, 0) is 19.1 Å². The van der Waals surface area contributed by atoms with Crippen LogP contribution < -0.4 is 5.32 Å². The van der Waals surface area contributed by atoms with Gasteiger partial charge in [-0.3, -0.25) is 15.1 Å². The molecule has 2 heterocycles. The zero-order valence-corrected chi connectivity index (χ0v) is 16.6. The highest BCUT2D eigenvalue weighted by Gasteiger charge is 2.37. The zero-order chi connectivity index (χ0) is 20.2. The maximum absolute atomic E-state index is 12.6. The third-order valence-electron chi connectivity index (χ3n) is 3.65. The topological polar surface area (TPSA) is 122 Å². The molecule has 2 N–H and O–H groups in total. The second-order valence-electron chi connectivity index (χ2n) is 6.95. The molecule has 0 unspecified atom stereocenters. The van der Waals surface area contributed by atoms with Gasteiger partial charge in [0.15, 0.2) is 10.8 Å². The monoisotopic (exact) mass is 396 g/mol. The average Bonchev–Trinajstić information content (AvgIpc) is 3.21. The number of aromatic nitrogens is 1. The van der Waals surface area contributed by atoms with Crippen LogP contribution in [0.25, 0.3) is 0 Å². The number of carbonyl (C=O) groups excluding carboxylic acids is 3. The van der Waals surface area contributed by atoms with Gasteiger partial charge in [-0.05, 0) is 40.5 Å². The van der Waals surface area contributed by atoms with Crippen LogP contribution in [0.5, 0.6) is 0 Å². The number of anilines is 1. The number of thiazole rings is 1. The first-order valence-corrected chi connectivity index (χ1v) is 9.52. The van der Waals surface area contributed by atoms with Gasteiger partial charge in [-0.1, -0.05) is 0 Å². The molecule has 2 rings (SSSR count). The van der Waals surface area contributed by atoms with E-state index in [1.807, 2.05) is 0 Å². The lowest BCUT2D eigenvalue weighted by molar-refractivity contribution is -0.135. The highest BCUT2D eigenvalue weighted by molar-refractivity contribution is 7.14. The highest BCUT2D eigenvalue weighted by Crippen LogP contribution is 2.23. The molecular weight excluding hydrogens is 372 g/mol. The van der Waals surface area contributed by atoms with Crippen LogP contribution in [0.3, 0.4) is 0 Å². The summed E-state index contributed by atoms with van der Waals surface area (Å²) in [5.74, 6) is -1.14. The Morgan fingerprint density at radius 2 is 2.11 bits per heavy atom. The minimum absolute atomic E-state index is 0.129. The number of nitrogens with zero attached hydrogens (tertiary/aromatic N) is 2. The molecule has 1 atom stereocenters. The molecule has 0 saturated carbocycles. The van der Waals surface area contributed by atoms with Crippen molar-refractivity contribution in [2.75, 3.05) is 18.5 Å². The molecule has 10 heteroatoms. The number of ether oxygens (including phenoxy) is 2. The van der Waals surface area contributed by atoms with Crippen molar-refractivity contribution in [1.29, 1.82) is 5.41 Å². The molecule has 2 amide bonds. The van der Waals surface area contributed by atoms with Crippen LogP contribution in [0, 0.1) is 5.41 Å². The molecule has 1 aromatic rings. The molecule has 0 radical (unpaired) electrons. The van der Waals surface area contributed by atoms with E-state index >= 15 is 0 Å². The van der Waals surface area contributed by atoms with E-state index in [0.717, 1.165) is 11.3 Å². The van der Waals surface area contributed by atoms with Crippen LogP contribution in [0.15, 0.2) is 5.38 Å². The Hall–Kier alpha value is -2.49. The number of hydrogen-bond donors (Lipinski definition) is 2. The first-order chi connectivity index (χ1) is 12.6. The van der Waals surface area contributed by atoms with Crippen LogP contribution in [0.4, 0.5) is 9.93 Å². The Labute approximate surface area is 161 Å². The summed E-state index contributed by atoms with van der Waals surface area (Å²) < 4.78 is 10.1. The smallest absolute Gasteiger partial charge is 0.410 e. The summed E-state index contributed by atoms with van der Waals surface area (Å²) in [6.45, 7) is 7.57. The maximum Gasteiger partial charge on any atom is 0.410 e. The number of hydrogen-bond acceptors (Lipinski definition) is 8. The highest BCUT2D eigenvalue weighted by atomic mass is 32.1. The first kappa shape index (κ1) is 20.8. The van der Waals surface area contributed by atoms with E-state index in [9.17, 15) is 14.4 Å².